The Morgan fingerprint density at radius 1 is 1.07 bits per heavy atom. The summed E-state index contributed by atoms with van der Waals surface area (Å²) >= 11 is 9.54. The molecule has 3 aromatic rings. The van der Waals surface area contributed by atoms with Crippen molar-refractivity contribution in [3.05, 3.63) is 99.0 Å². The molecule has 144 valence electrons. The lowest BCUT2D eigenvalue weighted by Gasteiger charge is -2.08. The van der Waals surface area contributed by atoms with Gasteiger partial charge in [0.25, 0.3) is 5.91 Å². The molecule has 0 unspecified atom stereocenters. The molecule has 4 nitrogen and oxygen atoms in total. The van der Waals surface area contributed by atoms with Crippen LogP contribution in [0.4, 0.5) is 5.69 Å². The normalized spacial score (nSPS) is 10.9. The summed E-state index contributed by atoms with van der Waals surface area (Å²) in [7, 11) is 0. The number of halogens is 2. The molecular weight excluding hydrogens is 452 g/mol. The summed E-state index contributed by atoms with van der Waals surface area (Å²) in [6.45, 7) is 0.431. The van der Waals surface area contributed by atoms with Crippen molar-refractivity contribution < 1.29 is 9.53 Å². The van der Waals surface area contributed by atoms with Gasteiger partial charge >= 0.3 is 0 Å². The highest BCUT2D eigenvalue weighted by Crippen LogP contribution is 2.22. The van der Waals surface area contributed by atoms with Gasteiger partial charge in [-0.25, -0.2) is 0 Å². The second kappa shape index (κ2) is 9.92. The standard InChI is InChI=1S/C23H16BrClN2O2/c24-20-6-2-1-5-17(20)15-29-19-11-9-16(10-12-19)13-18(14-26)23(28)27-22-8-4-3-7-21(22)25/h1-13H,15H2,(H,27,28)/b18-13+. The van der Waals surface area contributed by atoms with Gasteiger partial charge < -0.3 is 10.1 Å². The zero-order valence-electron chi connectivity index (χ0n) is 15.2. The largest absolute Gasteiger partial charge is 0.489 e. The number of nitrogens with zero attached hydrogens (tertiary/aromatic N) is 1. The maximum Gasteiger partial charge on any atom is 0.266 e. The van der Waals surface area contributed by atoms with Crippen molar-refractivity contribution in [3.63, 3.8) is 0 Å². The fourth-order valence-electron chi connectivity index (χ4n) is 2.50. The van der Waals surface area contributed by atoms with Crippen molar-refractivity contribution in [2.75, 3.05) is 5.32 Å². The van der Waals surface area contributed by atoms with Crippen LogP contribution in [-0.2, 0) is 11.4 Å². The van der Waals surface area contributed by atoms with Gasteiger partial charge in [0.15, 0.2) is 0 Å². The molecule has 1 amide bonds. The minimum Gasteiger partial charge on any atom is -0.489 e. The van der Waals surface area contributed by atoms with Crippen LogP contribution in [0.15, 0.2) is 82.8 Å². The third-order valence-corrected chi connectivity index (χ3v) is 5.13. The molecule has 0 radical (unpaired) electrons. The number of rotatable bonds is 6. The molecule has 0 saturated heterocycles. The Labute approximate surface area is 182 Å². The highest BCUT2D eigenvalue weighted by molar-refractivity contribution is 9.10. The van der Waals surface area contributed by atoms with Crippen LogP contribution in [0.25, 0.3) is 6.08 Å². The number of hydrogen-bond acceptors (Lipinski definition) is 3. The first kappa shape index (κ1) is 20.7. The number of para-hydroxylation sites is 1. The van der Waals surface area contributed by atoms with E-state index in [1.807, 2.05) is 30.3 Å². The lowest BCUT2D eigenvalue weighted by molar-refractivity contribution is -0.112. The molecule has 3 rings (SSSR count). The van der Waals surface area contributed by atoms with Crippen LogP contribution in [0, 0.1) is 11.3 Å². The molecule has 0 aliphatic heterocycles. The predicted octanol–water partition coefficient (Wildman–Crippen LogP) is 6.23. The maximum absolute atomic E-state index is 12.4. The summed E-state index contributed by atoms with van der Waals surface area (Å²) in [6, 6.07) is 23.8. The summed E-state index contributed by atoms with van der Waals surface area (Å²) < 4.78 is 6.78. The van der Waals surface area contributed by atoms with E-state index in [2.05, 4.69) is 21.2 Å². The van der Waals surface area contributed by atoms with Crippen molar-refractivity contribution in [1.29, 1.82) is 5.26 Å². The average Bonchev–Trinajstić information content (AvgIpc) is 2.74. The number of carbonyl (C=O) groups excluding carboxylic acids is 1. The van der Waals surface area contributed by atoms with Crippen LogP contribution >= 0.6 is 27.5 Å². The smallest absolute Gasteiger partial charge is 0.266 e. The van der Waals surface area contributed by atoms with Gasteiger partial charge in [0.2, 0.25) is 0 Å². The summed E-state index contributed by atoms with van der Waals surface area (Å²) in [4.78, 5) is 12.4. The number of amides is 1. The Hall–Kier alpha value is -3.07. The molecule has 0 atom stereocenters. The number of hydrogen-bond donors (Lipinski definition) is 1. The highest BCUT2D eigenvalue weighted by atomic mass is 79.9. The second-order valence-electron chi connectivity index (χ2n) is 6.05. The van der Waals surface area contributed by atoms with Gasteiger partial charge in [0.1, 0.15) is 24.0 Å². The van der Waals surface area contributed by atoms with E-state index < -0.39 is 5.91 Å². The van der Waals surface area contributed by atoms with E-state index in [1.54, 1.807) is 48.5 Å². The van der Waals surface area contributed by atoms with Gasteiger partial charge in [-0.05, 0) is 42.0 Å². The first-order valence-electron chi connectivity index (χ1n) is 8.71. The highest BCUT2D eigenvalue weighted by Gasteiger charge is 2.11. The minimum atomic E-state index is -0.519. The molecule has 6 heteroatoms. The number of nitrogens with one attached hydrogen (secondary N) is 1. The minimum absolute atomic E-state index is 0.0215. The number of ether oxygens (including phenoxy) is 1. The number of carbonyl (C=O) groups is 1. The van der Waals surface area contributed by atoms with Crippen LogP contribution < -0.4 is 10.1 Å². The third kappa shape index (κ3) is 5.71. The average molecular weight is 468 g/mol. The van der Waals surface area contributed by atoms with Crippen LogP contribution in [0.3, 0.4) is 0 Å². The summed E-state index contributed by atoms with van der Waals surface area (Å²) in [5.74, 6) is 0.173. The Morgan fingerprint density at radius 3 is 2.45 bits per heavy atom. The summed E-state index contributed by atoms with van der Waals surface area (Å²) in [5, 5.41) is 12.4. The van der Waals surface area contributed by atoms with Crippen molar-refractivity contribution in [3.8, 4) is 11.8 Å². The van der Waals surface area contributed by atoms with Gasteiger partial charge in [-0.15, -0.1) is 0 Å². The number of nitriles is 1. The van der Waals surface area contributed by atoms with E-state index >= 15 is 0 Å². The van der Waals surface area contributed by atoms with Crippen LogP contribution in [0.5, 0.6) is 5.75 Å². The molecule has 3 aromatic carbocycles. The van der Waals surface area contributed by atoms with Crippen LogP contribution in [0.1, 0.15) is 11.1 Å². The summed E-state index contributed by atoms with van der Waals surface area (Å²) in [5.41, 5.74) is 2.19. The molecule has 0 aliphatic carbocycles. The second-order valence-corrected chi connectivity index (χ2v) is 7.31. The Balaban J connectivity index is 1.67. The molecule has 0 bridgehead atoms. The quantitative estimate of drug-likeness (QED) is 0.345. The fourth-order valence-corrected chi connectivity index (χ4v) is 3.09. The zero-order chi connectivity index (χ0) is 20.6. The Bertz CT molecular complexity index is 1090. The lowest BCUT2D eigenvalue weighted by atomic mass is 10.1. The third-order valence-electron chi connectivity index (χ3n) is 4.03. The number of anilines is 1. The van der Waals surface area contributed by atoms with E-state index in [4.69, 9.17) is 16.3 Å². The van der Waals surface area contributed by atoms with Gasteiger partial charge in [0.05, 0.1) is 10.7 Å². The van der Waals surface area contributed by atoms with Crippen LogP contribution in [-0.4, -0.2) is 5.91 Å². The molecule has 0 aromatic heterocycles. The number of benzene rings is 3. The van der Waals surface area contributed by atoms with Gasteiger partial charge in [-0.3, -0.25) is 4.79 Å². The van der Waals surface area contributed by atoms with E-state index in [0.29, 0.717) is 28.6 Å². The molecule has 0 fully saturated rings. The fraction of sp³-hybridized carbons (Fsp3) is 0.0435. The monoisotopic (exact) mass is 466 g/mol. The Morgan fingerprint density at radius 2 is 1.76 bits per heavy atom. The zero-order valence-corrected chi connectivity index (χ0v) is 17.6. The van der Waals surface area contributed by atoms with Crippen LogP contribution in [0.2, 0.25) is 5.02 Å². The van der Waals surface area contributed by atoms with E-state index in [0.717, 1.165) is 10.0 Å². The molecule has 1 N–H and O–H groups in total. The predicted molar refractivity (Wildman–Crippen MR) is 119 cm³/mol. The van der Waals surface area contributed by atoms with Crippen molar-refractivity contribution in [1.82, 2.24) is 0 Å². The lowest BCUT2D eigenvalue weighted by Crippen LogP contribution is -2.13. The van der Waals surface area contributed by atoms with Crippen molar-refractivity contribution in [2.45, 2.75) is 6.61 Å². The molecule has 0 spiro atoms. The van der Waals surface area contributed by atoms with Crippen molar-refractivity contribution >= 4 is 45.2 Å². The van der Waals surface area contributed by atoms with E-state index in [9.17, 15) is 10.1 Å². The van der Waals surface area contributed by atoms with Crippen molar-refractivity contribution in [2.24, 2.45) is 0 Å². The summed E-state index contributed by atoms with van der Waals surface area (Å²) in [6.07, 6.45) is 1.52. The molecule has 0 aliphatic rings. The molecular formula is C23H16BrClN2O2. The molecule has 0 heterocycles. The van der Waals surface area contributed by atoms with Gasteiger partial charge in [-0.1, -0.05) is 70.0 Å². The topological polar surface area (TPSA) is 62.1 Å². The maximum atomic E-state index is 12.4. The van der Waals surface area contributed by atoms with E-state index in [1.165, 1.54) is 6.08 Å². The van der Waals surface area contributed by atoms with Gasteiger partial charge in [0, 0.05) is 10.0 Å². The van der Waals surface area contributed by atoms with Gasteiger partial charge in [-0.2, -0.15) is 5.26 Å². The first-order chi connectivity index (χ1) is 14.1. The molecule has 29 heavy (non-hydrogen) atoms. The first-order valence-corrected chi connectivity index (χ1v) is 9.88. The van der Waals surface area contributed by atoms with E-state index in [-0.39, 0.29) is 5.57 Å². The molecule has 0 saturated carbocycles. The SMILES string of the molecule is N#C/C(=C\c1ccc(OCc2ccccc2Br)cc1)C(=O)Nc1ccccc1Cl. The Kier molecular flexibility index (Phi) is 7.07.